The van der Waals surface area contributed by atoms with Gasteiger partial charge in [0, 0.05) is 37.7 Å². The van der Waals surface area contributed by atoms with E-state index in [0.29, 0.717) is 19.6 Å². The Balaban J connectivity index is 1.55. The van der Waals surface area contributed by atoms with Crippen molar-refractivity contribution >= 4 is 39.0 Å². The standard InChI is InChI=1S/C28H34BrN7O3/c1-18-16-33(2)17-25-20(27(29)32-35(25)11-12-37)8-9-23-21-14-19(22-15-30-34(3)28(22)39-18)7-10-24(21)36(31-23)26-6-4-5-13-38-26/h7-10,14-15,18,26,37H,4-6,11-13,16-17H2,1-3H3/b9-8+/t18-,26?/m0/s1. The summed E-state index contributed by atoms with van der Waals surface area (Å²) in [6.07, 6.45) is 8.97. The van der Waals surface area contributed by atoms with Gasteiger partial charge in [0.2, 0.25) is 5.88 Å². The molecule has 2 aliphatic rings. The first kappa shape index (κ1) is 26.2. The number of likely N-dealkylation sites (N-methyl/N-ethyl adjacent to an activating group) is 1. The Labute approximate surface area is 235 Å². The van der Waals surface area contributed by atoms with Crippen molar-refractivity contribution in [3.63, 3.8) is 0 Å². The Kier molecular flexibility index (Phi) is 7.32. The molecule has 2 aliphatic heterocycles. The van der Waals surface area contributed by atoms with Gasteiger partial charge in [-0.1, -0.05) is 6.07 Å². The number of aliphatic hydroxyl groups excluding tert-OH is 1. The lowest BCUT2D eigenvalue weighted by Gasteiger charge is -2.24. The van der Waals surface area contributed by atoms with Crippen LogP contribution in [0.3, 0.4) is 0 Å². The Bertz CT molecular complexity index is 1520. The zero-order valence-electron chi connectivity index (χ0n) is 22.5. The second-order valence-corrected chi connectivity index (χ2v) is 11.2. The number of nitrogens with zero attached hydrogens (tertiary/aromatic N) is 7. The fourth-order valence-electron chi connectivity index (χ4n) is 5.59. The van der Waals surface area contributed by atoms with Crippen LogP contribution >= 0.6 is 15.9 Å². The topological polar surface area (TPSA) is 95.4 Å². The Morgan fingerprint density at radius 3 is 2.82 bits per heavy atom. The molecule has 6 rings (SSSR count). The van der Waals surface area contributed by atoms with Crippen LogP contribution in [0.2, 0.25) is 0 Å². The van der Waals surface area contributed by atoms with E-state index in [4.69, 9.17) is 14.6 Å². The highest BCUT2D eigenvalue weighted by Crippen LogP contribution is 2.36. The molecule has 2 bridgehead atoms. The summed E-state index contributed by atoms with van der Waals surface area (Å²) in [7, 11) is 3.98. The van der Waals surface area contributed by atoms with E-state index in [-0.39, 0.29) is 18.9 Å². The van der Waals surface area contributed by atoms with Crippen LogP contribution < -0.4 is 4.74 Å². The number of aromatic nitrogens is 6. The molecule has 0 aliphatic carbocycles. The average Bonchev–Trinajstić information content (AvgIpc) is 3.56. The number of hydrogen-bond acceptors (Lipinski definition) is 7. The molecule has 3 aromatic heterocycles. The molecule has 1 unspecified atom stereocenters. The lowest BCUT2D eigenvalue weighted by molar-refractivity contribution is -0.0367. The maximum absolute atomic E-state index is 9.69. The van der Waals surface area contributed by atoms with E-state index in [1.807, 2.05) is 22.6 Å². The Morgan fingerprint density at radius 2 is 2.03 bits per heavy atom. The van der Waals surface area contributed by atoms with Crippen molar-refractivity contribution in [2.45, 2.75) is 51.6 Å². The van der Waals surface area contributed by atoms with Crippen LogP contribution in [0.1, 0.15) is 49.4 Å². The molecule has 0 saturated carbocycles. The first-order chi connectivity index (χ1) is 18.9. The van der Waals surface area contributed by atoms with Crippen LogP contribution in [0, 0.1) is 0 Å². The van der Waals surface area contributed by atoms with Crippen molar-refractivity contribution in [3.05, 3.63) is 46.0 Å². The summed E-state index contributed by atoms with van der Waals surface area (Å²) >= 11 is 3.66. The smallest absolute Gasteiger partial charge is 0.219 e. The van der Waals surface area contributed by atoms with E-state index in [1.54, 1.807) is 4.68 Å². The maximum atomic E-state index is 9.69. The minimum Gasteiger partial charge on any atom is -0.473 e. The van der Waals surface area contributed by atoms with Gasteiger partial charge in [0.05, 0.1) is 41.8 Å². The number of fused-ring (bicyclic) bond motifs is 4. The van der Waals surface area contributed by atoms with Crippen LogP contribution in [0.15, 0.2) is 29.0 Å². The van der Waals surface area contributed by atoms with E-state index in [2.05, 4.69) is 75.3 Å². The predicted octanol–water partition coefficient (Wildman–Crippen LogP) is 4.47. The van der Waals surface area contributed by atoms with Crippen LogP contribution in [0.25, 0.3) is 34.2 Å². The zero-order chi connectivity index (χ0) is 27.1. The van der Waals surface area contributed by atoms with E-state index < -0.39 is 0 Å². The third-order valence-electron chi connectivity index (χ3n) is 7.43. The highest BCUT2D eigenvalue weighted by atomic mass is 79.9. The second kappa shape index (κ2) is 10.9. The summed E-state index contributed by atoms with van der Waals surface area (Å²) in [6.45, 7) is 4.58. The summed E-state index contributed by atoms with van der Waals surface area (Å²) in [5.41, 5.74) is 5.85. The molecule has 0 amide bonds. The quantitative estimate of drug-likeness (QED) is 0.373. The average molecular weight is 597 g/mol. The van der Waals surface area contributed by atoms with Gasteiger partial charge in [-0.2, -0.15) is 15.3 Å². The molecule has 2 atom stereocenters. The van der Waals surface area contributed by atoms with Crippen molar-refractivity contribution in [2.24, 2.45) is 7.05 Å². The van der Waals surface area contributed by atoms with Gasteiger partial charge in [-0.15, -0.1) is 0 Å². The SMILES string of the molecule is C[C@H]1CN(C)Cc2c(c(Br)nn2CCO)/C=C/c2nn(C3CCCCO3)c3ccc(cc23)-c2cnn(C)c2O1. The third-order valence-corrected chi connectivity index (χ3v) is 8.02. The van der Waals surface area contributed by atoms with Gasteiger partial charge in [-0.25, -0.2) is 9.36 Å². The monoisotopic (exact) mass is 595 g/mol. The Morgan fingerprint density at radius 1 is 1.15 bits per heavy atom. The largest absolute Gasteiger partial charge is 0.473 e. The summed E-state index contributed by atoms with van der Waals surface area (Å²) in [5.74, 6) is 0.735. The van der Waals surface area contributed by atoms with Gasteiger partial charge in [-0.3, -0.25) is 9.58 Å². The van der Waals surface area contributed by atoms with Gasteiger partial charge < -0.3 is 14.6 Å². The zero-order valence-corrected chi connectivity index (χ0v) is 24.1. The minimum absolute atomic E-state index is 0.00990. The molecule has 4 aromatic rings. The van der Waals surface area contributed by atoms with Crippen LogP contribution in [0.4, 0.5) is 0 Å². The Hall–Kier alpha value is -2.99. The van der Waals surface area contributed by atoms with Crippen LogP contribution in [-0.4, -0.2) is 72.3 Å². The number of halogens is 1. The molecule has 1 aromatic carbocycles. The van der Waals surface area contributed by atoms with Gasteiger partial charge in [-0.05, 0) is 79.0 Å². The van der Waals surface area contributed by atoms with Crippen LogP contribution in [0.5, 0.6) is 5.88 Å². The first-order valence-electron chi connectivity index (χ1n) is 13.5. The molecular formula is C28H34BrN7O3. The molecule has 0 spiro atoms. The lowest BCUT2D eigenvalue weighted by atomic mass is 10.0. The highest BCUT2D eigenvalue weighted by Gasteiger charge is 2.24. The molecule has 1 saturated heterocycles. The number of aliphatic hydroxyl groups is 1. The van der Waals surface area contributed by atoms with Crippen molar-refractivity contribution in [2.75, 3.05) is 26.8 Å². The molecule has 206 valence electrons. The van der Waals surface area contributed by atoms with E-state index in [1.165, 1.54) is 0 Å². The molecule has 39 heavy (non-hydrogen) atoms. The normalized spacial score (nSPS) is 21.3. The molecule has 0 radical (unpaired) electrons. The van der Waals surface area contributed by atoms with Gasteiger partial charge in [0.1, 0.15) is 10.7 Å². The summed E-state index contributed by atoms with van der Waals surface area (Å²) in [4.78, 5) is 2.21. The number of rotatable bonds is 3. The van der Waals surface area contributed by atoms with Crippen molar-refractivity contribution < 1.29 is 14.6 Å². The molecule has 1 N–H and O–H groups in total. The van der Waals surface area contributed by atoms with Crippen LogP contribution in [-0.2, 0) is 24.9 Å². The summed E-state index contributed by atoms with van der Waals surface area (Å²) in [6, 6.07) is 6.41. The molecule has 5 heterocycles. The van der Waals surface area contributed by atoms with Gasteiger partial charge >= 0.3 is 0 Å². The molecule has 10 nitrogen and oxygen atoms in total. The second-order valence-electron chi connectivity index (χ2n) is 10.4. The van der Waals surface area contributed by atoms with Crippen molar-refractivity contribution in [1.82, 2.24) is 34.2 Å². The molecule has 1 fully saturated rings. The van der Waals surface area contributed by atoms with E-state index in [9.17, 15) is 5.11 Å². The maximum Gasteiger partial charge on any atom is 0.219 e. The molecule has 11 heteroatoms. The van der Waals surface area contributed by atoms with Gasteiger partial charge in [0.25, 0.3) is 0 Å². The summed E-state index contributed by atoms with van der Waals surface area (Å²) in [5, 5.41) is 25.0. The number of benzene rings is 1. The van der Waals surface area contributed by atoms with Crippen molar-refractivity contribution in [1.29, 1.82) is 0 Å². The van der Waals surface area contributed by atoms with E-state index >= 15 is 0 Å². The number of ether oxygens (including phenoxy) is 2. The minimum atomic E-state index is -0.0867. The summed E-state index contributed by atoms with van der Waals surface area (Å²) < 4.78 is 19.0. The third kappa shape index (κ3) is 5.04. The predicted molar refractivity (Wildman–Crippen MR) is 153 cm³/mol. The highest BCUT2D eigenvalue weighted by molar-refractivity contribution is 9.10. The lowest BCUT2D eigenvalue weighted by Crippen LogP contribution is -2.32. The van der Waals surface area contributed by atoms with Gasteiger partial charge in [0.15, 0.2) is 6.23 Å². The van der Waals surface area contributed by atoms with Crippen molar-refractivity contribution in [3.8, 4) is 17.0 Å². The first-order valence-corrected chi connectivity index (χ1v) is 14.3. The fraction of sp³-hybridized carbons (Fsp3) is 0.464. The molecular weight excluding hydrogens is 562 g/mol. The number of aryl methyl sites for hydroxylation is 1. The fourth-order valence-corrected chi connectivity index (χ4v) is 6.15. The number of hydrogen-bond donors (Lipinski definition) is 1. The van der Waals surface area contributed by atoms with E-state index in [0.717, 1.165) is 75.3 Å².